The van der Waals surface area contributed by atoms with Crippen molar-refractivity contribution in [3.63, 3.8) is 0 Å². The summed E-state index contributed by atoms with van der Waals surface area (Å²) < 4.78 is 60.9. The summed E-state index contributed by atoms with van der Waals surface area (Å²) in [6.07, 6.45) is -4.52. The zero-order valence-electron chi connectivity index (χ0n) is 28.9. The second-order valence-corrected chi connectivity index (χ2v) is 13.1. The van der Waals surface area contributed by atoms with Gasteiger partial charge in [0.25, 0.3) is 0 Å². The van der Waals surface area contributed by atoms with Crippen molar-refractivity contribution in [1.29, 1.82) is 0 Å². The molecule has 0 bridgehead atoms. The minimum Gasteiger partial charge on any atom is -0.453 e. The van der Waals surface area contributed by atoms with Crippen molar-refractivity contribution in [2.45, 2.75) is 90.0 Å². The van der Waals surface area contributed by atoms with Crippen molar-refractivity contribution in [3.05, 3.63) is 70.7 Å². The highest BCUT2D eigenvalue weighted by Crippen LogP contribution is 2.40. The summed E-state index contributed by atoms with van der Waals surface area (Å²) in [4.78, 5) is 56.6. The molecule has 272 valence electrons. The first-order chi connectivity index (χ1) is 23.6. The van der Waals surface area contributed by atoms with Crippen LogP contribution in [0.4, 0.5) is 22.4 Å². The topological polar surface area (TPSA) is 141 Å². The summed E-state index contributed by atoms with van der Waals surface area (Å²) in [6, 6.07) is 7.93. The molecule has 5 unspecified atom stereocenters. The predicted molar refractivity (Wildman–Crippen MR) is 179 cm³/mol. The Morgan fingerprint density at radius 1 is 0.980 bits per heavy atom. The van der Waals surface area contributed by atoms with E-state index in [9.17, 15) is 36.7 Å². The lowest BCUT2D eigenvalue weighted by Crippen LogP contribution is -2.66. The molecular formula is C36H45F4N5O5. The number of H-pyrrole nitrogens is 1. The first kappa shape index (κ1) is 38.2. The highest BCUT2D eigenvalue weighted by atomic mass is 19.4. The maximum absolute atomic E-state index is 14.5. The van der Waals surface area contributed by atoms with Crippen molar-refractivity contribution in [2.24, 2.45) is 11.8 Å². The molecule has 4 rings (SSSR count). The third kappa shape index (κ3) is 8.56. The molecule has 1 aliphatic rings. The van der Waals surface area contributed by atoms with Gasteiger partial charge in [0.1, 0.15) is 17.4 Å². The van der Waals surface area contributed by atoms with Gasteiger partial charge in [-0.1, -0.05) is 70.9 Å². The number of amides is 4. The predicted octanol–water partition coefficient (Wildman–Crippen LogP) is 5.33. The molecule has 1 heterocycles. The van der Waals surface area contributed by atoms with E-state index >= 15 is 0 Å². The third-order valence-electron chi connectivity index (χ3n) is 9.83. The smallest absolute Gasteiger partial charge is 0.418 e. The molecule has 4 amide bonds. The van der Waals surface area contributed by atoms with E-state index in [0.29, 0.717) is 24.1 Å². The zero-order chi connectivity index (χ0) is 36.8. The van der Waals surface area contributed by atoms with Crippen LogP contribution in [0, 0.1) is 17.7 Å². The standard InChI is InChI=1S/C36H45F4N5O5/c1-6-20(3)28(19-41-34(49)50-5)43-33(48)35(16-15-27-24(18-35)23-12-10-13-25(31(23)42-27)36(38,39)40)45-32(47)30(21(4)7-2)44-29(46)17-22-11-8-9-14-26(22)37/h8-14,20-21,28,30,42H,6-7,15-19H2,1-5H3,(H,41,49)(H,43,48)(H,44,46)(H,45,47). The second-order valence-electron chi connectivity index (χ2n) is 13.1. The fourth-order valence-corrected chi connectivity index (χ4v) is 6.37. The number of aryl methyl sites for hydroxylation is 1. The Morgan fingerprint density at radius 2 is 1.68 bits per heavy atom. The monoisotopic (exact) mass is 703 g/mol. The summed E-state index contributed by atoms with van der Waals surface area (Å²) in [6.45, 7) is 7.41. The molecule has 0 saturated heterocycles. The number of alkyl carbamates (subject to hydrolysis) is 1. The number of aromatic amines is 1. The number of hydrogen-bond acceptors (Lipinski definition) is 5. The van der Waals surface area contributed by atoms with Crippen LogP contribution in [-0.4, -0.2) is 60.1 Å². The Balaban J connectivity index is 1.72. The summed E-state index contributed by atoms with van der Waals surface area (Å²) in [5.74, 6) is -2.94. The number of rotatable bonds is 13. The van der Waals surface area contributed by atoms with Crippen molar-refractivity contribution < 1.29 is 41.5 Å². The number of halogens is 4. The molecule has 10 nitrogen and oxygen atoms in total. The van der Waals surface area contributed by atoms with Gasteiger partial charge in [-0.05, 0) is 47.9 Å². The minimum absolute atomic E-state index is 0.0202. The second kappa shape index (κ2) is 15.9. The van der Waals surface area contributed by atoms with Gasteiger partial charge in [0.2, 0.25) is 17.7 Å². The highest BCUT2D eigenvalue weighted by molar-refractivity contribution is 5.97. The summed E-state index contributed by atoms with van der Waals surface area (Å²) >= 11 is 0. The molecular weight excluding hydrogens is 658 g/mol. The average molecular weight is 704 g/mol. The number of ether oxygens (including phenoxy) is 1. The van der Waals surface area contributed by atoms with Crippen LogP contribution in [-0.2, 0) is 44.6 Å². The Morgan fingerprint density at radius 3 is 2.32 bits per heavy atom. The lowest BCUT2D eigenvalue weighted by atomic mass is 9.78. The lowest BCUT2D eigenvalue weighted by molar-refractivity contribution is -0.137. The maximum Gasteiger partial charge on any atom is 0.418 e. The molecule has 2 aromatic carbocycles. The number of methoxy groups -OCH3 is 1. The Labute approximate surface area is 288 Å². The Hall–Kier alpha value is -4.62. The number of hydrogen-bond donors (Lipinski definition) is 5. The molecule has 1 aromatic heterocycles. The molecule has 3 aromatic rings. The molecule has 50 heavy (non-hydrogen) atoms. The fourth-order valence-electron chi connectivity index (χ4n) is 6.37. The number of para-hydroxylation sites is 1. The van der Waals surface area contributed by atoms with Crippen LogP contribution in [0.5, 0.6) is 0 Å². The van der Waals surface area contributed by atoms with E-state index in [1.165, 1.54) is 31.4 Å². The number of alkyl halides is 3. The molecule has 14 heteroatoms. The van der Waals surface area contributed by atoms with Crippen molar-refractivity contribution in [3.8, 4) is 0 Å². The SMILES string of the molecule is CCC(C)C(CNC(=O)OC)NC(=O)C1(NC(=O)C(NC(=O)Cc2ccccc2F)C(C)CC)CCc2[nH]c3c(C(F)(F)F)cccc3c2C1. The molecule has 5 atom stereocenters. The van der Waals surface area contributed by atoms with Crippen molar-refractivity contribution in [2.75, 3.05) is 13.7 Å². The van der Waals surface area contributed by atoms with Gasteiger partial charge in [-0.3, -0.25) is 14.4 Å². The van der Waals surface area contributed by atoms with Crippen LogP contribution in [0.15, 0.2) is 42.5 Å². The summed E-state index contributed by atoms with van der Waals surface area (Å²) in [5.41, 5.74) is -1.46. The number of carbonyl (C=O) groups excluding carboxylic acids is 4. The summed E-state index contributed by atoms with van der Waals surface area (Å²) in [7, 11) is 1.21. The molecule has 0 spiro atoms. The first-order valence-electron chi connectivity index (χ1n) is 16.8. The fraction of sp³-hybridized carbons (Fsp3) is 0.500. The van der Waals surface area contributed by atoms with Gasteiger partial charge < -0.3 is 31.0 Å². The van der Waals surface area contributed by atoms with Gasteiger partial charge in [-0.25, -0.2) is 9.18 Å². The molecule has 0 saturated carbocycles. The number of nitrogens with one attached hydrogen (secondary N) is 5. The van der Waals surface area contributed by atoms with Gasteiger partial charge in [-0.2, -0.15) is 13.2 Å². The van der Waals surface area contributed by atoms with Crippen LogP contribution in [0.25, 0.3) is 10.9 Å². The van der Waals surface area contributed by atoms with Crippen molar-refractivity contribution >= 4 is 34.7 Å². The van der Waals surface area contributed by atoms with Crippen LogP contribution >= 0.6 is 0 Å². The Bertz CT molecular complexity index is 1710. The number of carbonyl (C=O) groups is 4. The quantitative estimate of drug-likeness (QED) is 0.153. The average Bonchev–Trinajstić information content (AvgIpc) is 3.46. The largest absolute Gasteiger partial charge is 0.453 e. The molecule has 5 N–H and O–H groups in total. The van der Waals surface area contributed by atoms with Gasteiger partial charge >= 0.3 is 12.3 Å². The third-order valence-corrected chi connectivity index (χ3v) is 9.83. The van der Waals surface area contributed by atoms with Gasteiger partial charge in [-0.15, -0.1) is 0 Å². The van der Waals surface area contributed by atoms with E-state index in [4.69, 9.17) is 0 Å². The molecule has 0 aliphatic heterocycles. The summed E-state index contributed by atoms with van der Waals surface area (Å²) in [5, 5.41) is 11.5. The number of benzene rings is 2. The van der Waals surface area contributed by atoms with Crippen LogP contribution < -0.4 is 21.3 Å². The van der Waals surface area contributed by atoms with Crippen LogP contribution in [0.2, 0.25) is 0 Å². The van der Waals surface area contributed by atoms with Gasteiger partial charge in [0.15, 0.2) is 0 Å². The number of fused-ring (bicyclic) bond motifs is 3. The van der Waals surface area contributed by atoms with E-state index in [1.54, 1.807) is 19.1 Å². The lowest BCUT2D eigenvalue weighted by Gasteiger charge is -2.40. The van der Waals surface area contributed by atoms with Crippen LogP contribution in [0.1, 0.15) is 69.3 Å². The zero-order valence-corrected chi connectivity index (χ0v) is 28.9. The van der Waals surface area contributed by atoms with E-state index in [1.807, 2.05) is 20.8 Å². The first-order valence-corrected chi connectivity index (χ1v) is 16.8. The van der Waals surface area contributed by atoms with Crippen LogP contribution in [0.3, 0.4) is 0 Å². The van der Waals surface area contributed by atoms with E-state index in [-0.39, 0.29) is 54.6 Å². The molecule has 0 fully saturated rings. The van der Waals surface area contributed by atoms with E-state index < -0.39 is 64.9 Å². The maximum atomic E-state index is 14.5. The number of aromatic nitrogens is 1. The molecule has 1 aliphatic carbocycles. The highest BCUT2D eigenvalue weighted by Gasteiger charge is 2.47. The van der Waals surface area contributed by atoms with E-state index in [0.717, 1.165) is 6.07 Å². The molecule has 0 radical (unpaired) electrons. The van der Waals surface area contributed by atoms with Gasteiger partial charge in [0.05, 0.1) is 24.6 Å². The minimum atomic E-state index is -4.63. The van der Waals surface area contributed by atoms with Crippen molar-refractivity contribution in [1.82, 2.24) is 26.3 Å². The normalized spacial score (nSPS) is 18.3. The van der Waals surface area contributed by atoms with Gasteiger partial charge in [0, 0.05) is 30.1 Å². The Kier molecular flexibility index (Phi) is 12.2. The van der Waals surface area contributed by atoms with E-state index in [2.05, 4.69) is 31.0 Å².